The molecule has 2 amide bonds. The van der Waals surface area contributed by atoms with Crippen LogP contribution < -0.4 is 10.9 Å². The van der Waals surface area contributed by atoms with Gasteiger partial charge in [-0.3, -0.25) is 9.59 Å². The number of hydrogen-bond donors (Lipinski definition) is 2. The first-order valence-electron chi connectivity index (χ1n) is 7.87. The number of para-hydroxylation sites is 1. The van der Waals surface area contributed by atoms with Crippen molar-refractivity contribution in [1.82, 2.24) is 15.8 Å². The Morgan fingerprint density at radius 3 is 3.08 bits per heavy atom. The van der Waals surface area contributed by atoms with Crippen molar-refractivity contribution in [2.45, 2.75) is 12.5 Å². The summed E-state index contributed by atoms with van der Waals surface area (Å²) >= 11 is 0. The van der Waals surface area contributed by atoms with Gasteiger partial charge in [0.1, 0.15) is 11.8 Å². The van der Waals surface area contributed by atoms with Crippen LogP contribution in [0.4, 0.5) is 5.69 Å². The topological polar surface area (TPSA) is 112 Å². The zero-order valence-corrected chi connectivity index (χ0v) is 13.5. The Labute approximate surface area is 148 Å². The molecule has 4 rings (SSSR count). The lowest BCUT2D eigenvalue weighted by atomic mass is 10.1. The fraction of sp³-hybridized carbons (Fsp3) is 0.118. The van der Waals surface area contributed by atoms with Crippen LogP contribution in [0.3, 0.4) is 0 Å². The van der Waals surface area contributed by atoms with E-state index in [1.165, 1.54) is 18.8 Å². The number of carbonyl (C=O) groups excluding carboxylic acids is 2. The van der Waals surface area contributed by atoms with Crippen molar-refractivity contribution in [3.05, 3.63) is 54.0 Å². The van der Waals surface area contributed by atoms with E-state index in [1.807, 2.05) is 24.3 Å². The van der Waals surface area contributed by atoms with Gasteiger partial charge >= 0.3 is 0 Å². The second-order valence-corrected chi connectivity index (χ2v) is 5.61. The van der Waals surface area contributed by atoms with Crippen LogP contribution in [0.15, 0.2) is 62.3 Å². The number of amides is 2. The SMILES string of the molecule is O=C(CC1C(=O)NN=C2c3ccccc3N=CN21)NN=Cc1ccco1. The van der Waals surface area contributed by atoms with E-state index in [-0.39, 0.29) is 12.3 Å². The van der Waals surface area contributed by atoms with Crippen LogP contribution in [0.25, 0.3) is 0 Å². The lowest BCUT2D eigenvalue weighted by Crippen LogP contribution is -2.55. The standard InChI is InChI=1S/C17H14N6O3/c24-15(20-19-9-11-4-3-7-26-11)8-14-17(25)22-21-16-12-5-1-2-6-13(12)18-10-23(14)16/h1-7,9-10,14H,8H2,(H,20,24)(H,22,25). The van der Waals surface area contributed by atoms with Crippen LogP contribution in [0.1, 0.15) is 17.7 Å². The minimum absolute atomic E-state index is 0.103. The Morgan fingerprint density at radius 2 is 2.23 bits per heavy atom. The molecule has 0 radical (unpaired) electrons. The highest BCUT2D eigenvalue weighted by molar-refractivity contribution is 6.14. The van der Waals surface area contributed by atoms with E-state index in [4.69, 9.17) is 4.42 Å². The van der Waals surface area contributed by atoms with Crippen LogP contribution >= 0.6 is 0 Å². The monoisotopic (exact) mass is 350 g/mol. The Bertz CT molecular complexity index is 932. The fourth-order valence-corrected chi connectivity index (χ4v) is 2.69. The Kier molecular flexibility index (Phi) is 4.02. The maximum absolute atomic E-state index is 12.2. The molecule has 2 aliphatic rings. The van der Waals surface area contributed by atoms with Gasteiger partial charge in [0.05, 0.1) is 30.9 Å². The third kappa shape index (κ3) is 2.97. The highest BCUT2D eigenvalue weighted by atomic mass is 16.3. The average molecular weight is 350 g/mol. The summed E-state index contributed by atoms with van der Waals surface area (Å²) in [5, 5.41) is 7.92. The van der Waals surface area contributed by atoms with Crippen molar-refractivity contribution in [2.75, 3.05) is 0 Å². The van der Waals surface area contributed by atoms with Gasteiger partial charge < -0.3 is 9.32 Å². The molecule has 2 N–H and O–H groups in total. The molecule has 1 unspecified atom stereocenters. The van der Waals surface area contributed by atoms with E-state index >= 15 is 0 Å². The summed E-state index contributed by atoms with van der Waals surface area (Å²) in [6.45, 7) is 0. The van der Waals surface area contributed by atoms with Crippen LogP contribution in [0, 0.1) is 0 Å². The lowest BCUT2D eigenvalue weighted by molar-refractivity contribution is -0.130. The van der Waals surface area contributed by atoms with E-state index in [0.29, 0.717) is 11.6 Å². The second-order valence-electron chi connectivity index (χ2n) is 5.61. The number of carbonyl (C=O) groups is 2. The van der Waals surface area contributed by atoms with E-state index in [2.05, 4.69) is 26.0 Å². The largest absolute Gasteiger partial charge is 0.463 e. The molecular weight excluding hydrogens is 336 g/mol. The zero-order chi connectivity index (χ0) is 17.9. The van der Waals surface area contributed by atoms with Crippen molar-refractivity contribution in [3.8, 4) is 0 Å². The molecule has 0 saturated heterocycles. The number of hydrogen-bond acceptors (Lipinski definition) is 7. The van der Waals surface area contributed by atoms with Gasteiger partial charge in [-0.05, 0) is 24.3 Å². The van der Waals surface area contributed by atoms with Crippen molar-refractivity contribution in [3.63, 3.8) is 0 Å². The van der Waals surface area contributed by atoms with Gasteiger partial charge in [0.25, 0.3) is 5.91 Å². The summed E-state index contributed by atoms with van der Waals surface area (Å²) in [6.07, 6.45) is 4.30. The van der Waals surface area contributed by atoms with Crippen LogP contribution in [0.5, 0.6) is 0 Å². The van der Waals surface area contributed by atoms with Crippen LogP contribution in [-0.2, 0) is 9.59 Å². The highest BCUT2D eigenvalue weighted by Gasteiger charge is 2.36. The quantitative estimate of drug-likeness (QED) is 0.632. The van der Waals surface area contributed by atoms with Gasteiger partial charge in [-0.25, -0.2) is 15.8 Å². The van der Waals surface area contributed by atoms with Crippen LogP contribution in [0.2, 0.25) is 0 Å². The van der Waals surface area contributed by atoms with E-state index in [9.17, 15) is 9.59 Å². The molecule has 1 aromatic heterocycles. The molecule has 26 heavy (non-hydrogen) atoms. The Morgan fingerprint density at radius 1 is 1.35 bits per heavy atom. The van der Waals surface area contributed by atoms with E-state index in [0.717, 1.165) is 11.3 Å². The van der Waals surface area contributed by atoms with Gasteiger partial charge in [0.15, 0.2) is 5.84 Å². The Hall–Kier alpha value is -3.75. The molecule has 1 atom stereocenters. The second kappa shape index (κ2) is 6.63. The van der Waals surface area contributed by atoms with Crippen molar-refractivity contribution in [2.24, 2.45) is 15.2 Å². The first kappa shape index (κ1) is 15.8. The first-order chi connectivity index (χ1) is 12.7. The molecule has 3 heterocycles. The molecule has 0 saturated carbocycles. The summed E-state index contributed by atoms with van der Waals surface area (Å²) < 4.78 is 5.08. The molecule has 2 aromatic rings. The molecule has 9 heteroatoms. The summed E-state index contributed by atoms with van der Waals surface area (Å²) in [7, 11) is 0. The summed E-state index contributed by atoms with van der Waals surface area (Å²) in [6, 6.07) is 10.1. The predicted molar refractivity (Wildman–Crippen MR) is 94.0 cm³/mol. The van der Waals surface area contributed by atoms with Crippen molar-refractivity contribution in [1.29, 1.82) is 0 Å². The normalized spacial score (nSPS) is 18.2. The van der Waals surface area contributed by atoms with Gasteiger partial charge in [-0.2, -0.15) is 10.2 Å². The van der Waals surface area contributed by atoms with E-state index in [1.54, 1.807) is 17.0 Å². The van der Waals surface area contributed by atoms with Gasteiger partial charge in [-0.1, -0.05) is 12.1 Å². The molecule has 1 aromatic carbocycles. The number of nitrogens with one attached hydrogen (secondary N) is 2. The lowest BCUT2D eigenvalue weighted by Gasteiger charge is -2.34. The number of nitrogens with zero attached hydrogens (tertiary/aromatic N) is 4. The number of rotatable bonds is 4. The molecule has 0 bridgehead atoms. The molecule has 0 aliphatic carbocycles. The minimum Gasteiger partial charge on any atom is -0.463 e. The molecule has 2 aliphatic heterocycles. The molecule has 0 spiro atoms. The van der Waals surface area contributed by atoms with Gasteiger partial charge in [0, 0.05) is 5.56 Å². The van der Waals surface area contributed by atoms with Gasteiger partial charge in [0.2, 0.25) is 5.91 Å². The third-order valence-electron chi connectivity index (χ3n) is 3.92. The predicted octanol–water partition coefficient (Wildman–Crippen LogP) is 0.955. The van der Waals surface area contributed by atoms with Crippen LogP contribution in [-0.4, -0.2) is 41.1 Å². The Balaban J connectivity index is 1.48. The third-order valence-corrected chi connectivity index (χ3v) is 3.92. The minimum atomic E-state index is -0.765. The summed E-state index contributed by atoms with van der Waals surface area (Å²) in [5.74, 6) is 0.258. The fourth-order valence-electron chi connectivity index (χ4n) is 2.69. The average Bonchev–Trinajstić information content (AvgIpc) is 3.17. The smallest absolute Gasteiger partial charge is 0.263 e. The zero-order valence-electron chi connectivity index (χ0n) is 13.5. The summed E-state index contributed by atoms with van der Waals surface area (Å²) in [5.41, 5.74) is 6.39. The maximum atomic E-state index is 12.2. The number of benzene rings is 1. The number of amidine groups is 1. The van der Waals surface area contributed by atoms with Gasteiger partial charge in [-0.15, -0.1) is 0 Å². The van der Waals surface area contributed by atoms with Crippen molar-refractivity contribution >= 4 is 35.9 Å². The van der Waals surface area contributed by atoms with E-state index < -0.39 is 11.9 Å². The number of fused-ring (bicyclic) bond motifs is 3. The summed E-state index contributed by atoms with van der Waals surface area (Å²) in [4.78, 5) is 30.3. The van der Waals surface area contributed by atoms with Crippen molar-refractivity contribution < 1.29 is 14.0 Å². The number of hydrazone groups is 2. The molecule has 0 fully saturated rings. The molecule has 130 valence electrons. The number of aliphatic imine (C=N–C) groups is 1. The highest BCUT2D eigenvalue weighted by Crippen LogP contribution is 2.27. The number of furan rings is 1. The maximum Gasteiger partial charge on any atom is 0.263 e. The first-order valence-corrected chi connectivity index (χ1v) is 7.87. The molecular formula is C17H14N6O3. The molecule has 9 nitrogen and oxygen atoms in total.